The molecule has 1 aromatic rings. The van der Waals surface area contributed by atoms with Crippen LogP contribution in [0.25, 0.3) is 0 Å². The molecule has 106 valence electrons. The highest BCUT2D eigenvalue weighted by atomic mass is 19.1. The molecule has 19 heavy (non-hydrogen) atoms. The molecule has 1 fully saturated rings. The van der Waals surface area contributed by atoms with Gasteiger partial charge in [0.2, 0.25) is 0 Å². The Balaban J connectivity index is 1.90. The summed E-state index contributed by atoms with van der Waals surface area (Å²) in [7, 11) is 0. The highest BCUT2D eigenvalue weighted by Crippen LogP contribution is 2.21. The predicted molar refractivity (Wildman–Crippen MR) is 70.2 cm³/mol. The standard InChI is InChI=1S/C14H21FN2O2/c1-11(10-17-5-2-7-19-8-6-17)14(18)13-4-3-12(15)9-16-13/h3-4,9,11,14,18H,2,5-8,10H2,1H3. The van der Waals surface area contributed by atoms with Crippen LogP contribution in [-0.2, 0) is 4.74 Å². The maximum atomic E-state index is 12.8. The van der Waals surface area contributed by atoms with Crippen molar-refractivity contribution in [1.82, 2.24) is 9.88 Å². The van der Waals surface area contributed by atoms with Crippen molar-refractivity contribution in [3.8, 4) is 0 Å². The summed E-state index contributed by atoms with van der Waals surface area (Å²) >= 11 is 0. The van der Waals surface area contributed by atoms with Gasteiger partial charge >= 0.3 is 0 Å². The number of pyridine rings is 1. The van der Waals surface area contributed by atoms with Crippen LogP contribution < -0.4 is 0 Å². The van der Waals surface area contributed by atoms with E-state index in [0.29, 0.717) is 5.69 Å². The minimum atomic E-state index is -0.662. The second-order valence-electron chi connectivity index (χ2n) is 5.09. The lowest BCUT2D eigenvalue weighted by Crippen LogP contribution is -2.33. The summed E-state index contributed by atoms with van der Waals surface area (Å²) in [5.74, 6) is -0.329. The normalized spacial score (nSPS) is 20.8. The lowest BCUT2D eigenvalue weighted by Gasteiger charge is -2.26. The molecular weight excluding hydrogens is 247 g/mol. The highest BCUT2D eigenvalue weighted by molar-refractivity contribution is 5.08. The van der Waals surface area contributed by atoms with Gasteiger partial charge in [-0.3, -0.25) is 4.98 Å². The summed E-state index contributed by atoms with van der Waals surface area (Å²) < 4.78 is 18.2. The SMILES string of the molecule is CC(CN1CCCOCC1)C(O)c1ccc(F)cn1. The maximum Gasteiger partial charge on any atom is 0.141 e. The third-order valence-electron chi connectivity index (χ3n) is 3.45. The first kappa shape index (κ1) is 14.4. The van der Waals surface area contributed by atoms with Crippen molar-refractivity contribution in [2.45, 2.75) is 19.4 Å². The fourth-order valence-corrected chi connectivity index (χ4v) is 2.34. The first-order chi connectivity index (χ1) is 9.16. The fourth-order valence-electron chi connectivity index (χ4n) is 2.34. The predicted octanol–water partition coefficient (Wildman–Crippen LogP) is 1.61. The molecular formula is C14H21FN2O2. The molecule has 0 spiro atoms. The summed E-state index contributed by atoms with van der Waals surface area (Å²) in [5.41, 5.74) is 0.528. The van der Waals surface area contributed by atoms with Crippen LogP contribution in [0, 0.1) is 11.7 Å². The average molecular weight is 268 g/mol. The number of aliphatic hydroxyl groups is 1. The Morgan fingerprint density at radius 3 is 3.00 bits per heavy atom. The molecule has 1 N–H and O–H groups in total. The van der Waals surface area contributed by atoms with E-state index in [4.69, 9.17) is 4.74 Å². The molecule has 2 heterocycles. The summed E-state index contributed by atoms with van der Waals surface area (Å²) in [5, 5.41) is 10.2. The van der Waals surface area contributed by atoms with E-state index in [9.17, 15) is 9.50 Å². The van der Waals surface area contributed by atoms with Crippen LogP contribution in [0.3, 0.4) is 0 Å². The molecule has 4 nitrogen and oxygen atoms in total. The first-order valence-corrected chi connectivity index (χ1v) is 6.76. The number of aromatic nitrogens is 1. The van der Waals surface area contributed by atoms with Gasteiger partial charge in [-0.05, 0) is 18.6 Å². The van der Waals surface area contributed by atoms with Gasteiger partial charge in [0.25, 0.3) is 0 Å². The minimum absolute atomic E-state index is 0.0519. The van der Waals surface area contributed by atoms with Gasteiger partial charge in [0.05, 0.1) is 24.6 Å². The number of rotatable bonds is 4. The summed E-state index contributed by atoms with van der Waals surface area (Å²) in [6, 6.07) is 2.88. The molecule has 1 saturated heterocycles. The van der Waals surface area contributed by atoms with E-state index in [1.54, 1.807) is 6.07 Å². The Hall–Kier alpha value is -1.04. The molecule has 1 aliphatic rings. The molecule has 5 heteroatoms. The quantitative estimate of drug-likeness (QED) is 0.901. The number of hydrogen-bond donors (Lipinski definition) is 1. The van der Waals surface area contributed by atoms with Crippen LogP contribution in [0.2, 0.25) is 0 Å². The van der Waals surface area contributed by atoms with Crippen molar-refractivity contribution >= 4 is 0 Å². The molecule has 0 saturated carbocycles. The van der Waals surface area contributed by atoms with Crippen LogP contribution in [0.5, 0.6) is 0 Å². The Labute approximate surface area is 113 Å². The van der Waals surface area contributed by atoms with Crippen LogP contribution in [-0.4, -0.2) is 47.8 Å². The van der Waals surface area contributed by atoms with E-state index in [0.717, 1.165) is 45.5 Å². The largest absolute Gasteiger partial charge is 0.386 e. The van der Waals surface area contributed by atoms with Crippen molar-refractivity contribution in [1.29, 1.82) is 0 Å². The summed E-state index contributed by atoms with van der Waals surface area (Å²) in [4.78, 5) is 6.24. The number of ether oxygens (including phenoxy) is 1. The monoisotopic (exact) mass is 268 g/mol. The third-order valence-corrected chi connectivity index (χ3v) is 3.45. The zero-order chi connectivity index (χ0) is 13.7. The molecule has 2 atom stereocenters. The van der Waals surface area contributed by atoms with Gasteiger partial charge in [-0.1, -0.05) is 6.92 Å². The maximum absolute atomic E-state index is 12.8. The lowest BCUT2D eigenvalue weighted by molar-refractivity contribution is 0.0816. The fraction of sp³-hybridized carbons (Fsp3) is 0.643. The third kappa shape index (κ3) is 4.23. The molecule has 2 rings (SSSR count). The van der Waals surface area contributed by atoms with Gasteiger partial charge in [-0.2, -0.15) is 0 Å². The Bertz CT molecular complexity index is 378. The van der Waals surface area contributed by atoms with Crippen LogP contribution in [0.15, 0.2) is 18.3 Å². The zero-order valence-electron chi connectivity index (χ0n) is 11.3. The molecule has 1 aliphatic heterocycles. The van der Waals surface area contributed by atoms with E-state index in [1.807, 2.05) is 6.92 Å². The molecule has 0 radical (unpaired) electrons. The number of nitrogens with zero attached hydrogens (tertiary/aromatic N) is 2. The van der Waals surface area contributed by atoms with Crippen molar-refractivity contribution in [3.63, 3.8) is 0 Å². The minimum Gasteiger partial charge on any atom is -0.386 e. The van der Waals surface area contributed by atoms with Crippen LogP contribution >= 0.6 is 0 Å². The first-order valence-electron chi connectivity index (χ1n) is 6.76. The summed E-state index contributed by atoms with van der Waals surface area (Å²) in [6.45, 7) is 6.23. The van der Waals surface area contributed by atoms with Gasteiger partial charge in [-0.25, -0.2) is 4.39 Å². The van der Waals surface area contributed by atoms with Gasteiger partial charge in [-0.15, -0.1) is 0 Å². The van der Waals surface area contributed by atoms with Gasteiger partial charge < -0.3 is 14.7 Å². The van der Waals surface area contributed by atoms with E-state index in [2.05, 4.69) is 9.88 Å². The van der Waals surface area contributed by atoms with Crippen molar-refractivity contribution in [2.24, 2.45) is 5.92 Å². The molecule has 0 aromatic carbocycles. The number of halogens is 1. The van der Waals surface area contributed by atoms with Gasteiger partial charge in [0, 0.05) is 32.2 Å². The number of aliphatic hydroxyl groups excluding tert-OH is 1. The smallest absolute Gasteiger partial charge is 0.141 e. The molecule has 0 amide bonds. The van der Waals surface area contributed by atoms with Gasteiger partial charge in [0.15, 0.2) is 0 Å². The van der Waals surface area contributed by atoms with Gasteiger partial charge in [0.1, 0.15) is 5.82 Å². The topological polar surface area (TPSA) is 45.6 Å². The van der Waals surface area contributed by atoms with E-state index >= 15 is 0 Å². The Morgan fingerprint density at radius 1 is 1.42 bits per heavy atom. The molecule has 0 aliphatic carbocycles. The lowest BCUT2D eigenvalue weighted by atomic mass is 10.0. The molecule has 2 unspecified atom stereocenters. The van der Waals surface area contributed by atoms with Crippen LogP contribution in [0.1, 0.15) is 25.1 Å². The van der Waals surface area contributed by atoms with Crippen molar-refractivity contribution in [2.75, 3.05) is 32.8 Å². The van der Waals surface area contributed by atoms with Crippen molar-refractivity contribution < 1.29 is 14.2 Å². The van der Waals surface area contributed by atoms with Crippen molar-refractivity contribution in [3.05, 3.63) is 29.8 Å². The van der Waals surface area contributed by atoms with E-state index < -0.39 is 6.10 Å². The van der Waals surface area contributed by atoms with E-state index in [1.165, 1.54) is 6.07 Å². The Kier molecular flexibility index (Phi) is 5.24. The molecule has 0 bridgehead atoms. The molecule has 1 aromatic heterocycles. The number of hydrogen-bond acceptors (Lipinski definition) is 4. The van der Waals surface area contributed by atoms with Crippen LogP contribution in [0.4, 0.5) is 4.39 Å². The Morgan fingerprint density at radius 2 is 2.26 bits per heavy atom. The average Bonchev–Trinajstić information content (AvgIpc) is 2.67. The second kappa shape index (κ2) is 6.93. The zero-order valence-corrected chi connectivity index (χ0v) is 11.3. The second-order valence-corrected chi connectivity index (χ2v) is 5.09. The highest BCUT2D eigenvalue weighted by Gasteiger charge is 2.21. The van der Waals surface area contributed by atoms with E-state index in [-0.39, 0.29) is 11.7 Å². The summed E-state index contributed by atoms with van der Waals surface area (Å²) in [6.07, 6.45) is 1.51.